The number of rotatable bonds is 0. The molecule has 0 spiro atoms. The van der Waals surface area contributed by atoms with Crippen molar-refractivity contribution >= 4 is 15.9 Å². The molecule has 0 saturated carbocycles. The maximum atomic E-state index is 13.1. The van der Waals surface area contributed by atoms with Gasteiger partial charge in [0.2, 0.25) is 0 Å². The summed E-state index contributed by atoms with van der Waals surface area (Å²) in [6, 6.07) is 12.6. The molecule has 0 aromatic heterocycles. The topological polar surface area (TPSA) is 0 Å². The van der Waals surface area contributed by atoms with Crippen molar-refractivity contribution in [1.29, 1.82) is 0 Å². The summed E-state index contributed by atoms with van der Waals surface area (Å²) in [6.07, 6.45) is 0. The molecule has 0 atom stereocenters. The van der Waals surface area contributed by atoms with Crippen molar-refractivity contribution in [2.24, 2.45) is 0 Å². The van der Waals surface area contributed by atoms with Gasteiger partial charge < -0.3 is 0 Å². The van der Waals surface area contributed by atoms with Crippen LogP contribution in [-0.4, -0.2) is 0 Å². The number of hydrogen-bond acceptors (Lipinski definition) is 0. The minimum absolute atomic E-state index is 0.198. The first-order valence-corrected chi connectivity index (χ1v) is 5.99. The largest absolute Gasteiger partial charge is 0.207 e. The molecule has 0 saturated heterocycles. The van der Waals surface area contributed by atoms with E-state index in [4.69, 9.17) is 0 Å². The Morgan fingerprint density at radius 2 is 1.82 bits per heavy atom. The van der Waals surface area contributed by atoms with Gasteiger partial charge in [0.25, 0.3) is 0 Å². The van der Waals surface area contributed by atoms with E-state index < -0.39 is 0 Å². The molecular formula is C15H10BrF. The Bertz CT molecular complexity index is 606. The molecule has 0 bridgehead atoms. The van der Waals surface area contributed by atoms with Crippen LogP contribution in [0.3, 0.4) is 0 Å². The SMILES string of the molecule is Cc1cc(C#Cc2ccccc2Br)ccc1F. The molecule has 2 rings (SSSR count). The molecule has 0 aliphatic carbocycles. The van der Waals surface area contributed by atoms with Crippen LogP contribution in [-0.2, 0) is 0 Å². The number of halogens is 2. The number of aryl methyl sites for hydroxylation is 1. The van der Waals surface area contributed by atoms with Crippen molar-refractivity contribution in [2.45, 2.75) is 6.92 Å². The first-order valence-electron chi connectivity index (χ1n) is 5.19. The van der Waals surface area contributed by atoms with Crippen LogP contribution in [0.2, 0.25) is 0 Å². The van der Waals surface area contributed by atoms with Crippen LogP contribution in [0.4, 0.5) is 4.39 Å². The van der Waals surface area contributed by atoms with Gasteiger partial charge in [-0.25, -0.2) is 4.39 Å². The highest BCUT2D eigenvalue weighted by Gasteiger charge is 1.97. The van der Waals surface area contributed by atoms with E-state index in [0.29, 0.717) is 5.56 Å². The van der Waals surface area contributed by atoms with Gasteiger partial charge in [0.1, 0.15) is 5.82 Å². The lowest BCUT2D eigenvalue weighted by Gasteiger charge is -1.96. The van der Waals surface area contributed by atoms with E-state index in [1.54, 1.807) is 19.1 Å². The Kier molecular flexibility index (Phi) is 3.61. The van der Waals surface area contributed by atoms with Gasteiger partial charge in [0.15, 0.2) is 0 Å². The molecule has 0 heterocycles. The predicted octanol–water partition coefficient (Wildman–Crippen LogP) is 4.30. The zero-order valence-electron chi connectivity index (χ0n) is 9.30. The third-order valence-corrected chi connectivity index (χ3v) is 3.06. The molecule has 0 aliphatic heterocycles. The van der Waals surface area contributed by atoms with Crippen LogP contribution >= 0.6 is 15.9 Å². The Balaban J connectivity index is 2.33. The summed E-state index contributed by atoms with van der Waals surface area (Å²) in [6.45, 7) is 1.74. The molecule has 84 valence electrons. The standard InChI is InChI=1S/C15H10BrF/c1-11-10-12(7-9-15(11)17)6-8-13-4-2-3-5-14(13)16/h2-5,7,9-10H,1H3. The van der Waals surface area contributed by atoms with Crippen LogP contribution in [0.25, 0.3) is 0 Å². The first-order chi connectivity index (χ1) is 8.16. The molecule has 0 fully saturated rings. The van der Waals surface area contributed by atoms with Gasteiger partial charge in [-0.15, -0.1) is 0 Å². The molecule has 0 aliphatic rings. The molecule has 0 N–H and O–H groups in total. The maximum absolute atomic E-state index is 13.1. The molecular weight excluding hydrogens is 279 g/mol. The van der Waals surface area contributed by atoms with Gasteiger partial charge in [0, 0.05) is 15.6 Å². The Morgan fingerprint density at radius 3 is 2.53 bits per heavy atom. The van der Waals surface area contributed by atoms with Crippen LogP contribution in [0.15, 0.2) is 46.9 Å². The monoisotopic (exact) mass is 288 g/mol. The third kappa shape index (κ3) is 2.95. The van der Waals surface area contributed by atoms with Gasteiger partial charge in [-0.05, 0) is 58.7 Å². The van der Waals surface area contributed by atoms with Crippen molar-refractivity contribution in [3.8, 4) is 11.8 Å². The second-order valence-electron chi connectivity index (χ2n) is 3.69. The number of benzene rings is 2. The minimum Gasteiger partial charge on any atom is -0.207 e. The second kappa shape index (κ2) is 5.16. The Hall–Kier alpha value is -1.59. The maximum Gasteiger partial charge on any atom is 0.126 e. The summed E-state index contributed by atoms with van der Waals surface area (Å²) in [5, 5.41) is 0. The summed E-state index contributed by atoms with van der Waals surface area (Å²) in [5.41, 5.74) is 2.36. The van der Waals surface area contributed by atoms with Crippen LogP contribution in [0.5, 0.6) is 0 Å². The highest BCUT2D eigenvalue weighted by molar-refractivity contribution is 9.10. The van der Waals surface area contributed by atoms with E-state index >= 15 is 0 Å². The minimum atomic E-state index is -0.198. The average molecular weight is 289 g/mol. The smallest absolute Gasteiger partial charge is 0.126 e. The third-order valence-electron chi connectivity index (χ3n) is 2.37. The van der Waals surface area contributed by atoms with Gasteiger partial charge in [0.05, 0.1) is 0 Å². The fraction of sp³-hybridized carbons (Fsp3) is 0.0667. The van der Waals surface area contributed by atoms with Gasteiger partial charge in [-0.2, -0.15) is 0 Å². The molecule has 0 radical (unpaired) electrons. The van der Waals surface area contributed by atoms with E-state index in [0.717, 1.165) is 15.6 Å². The first kappa shape index (κ1) is 11.9. The van der Waals surface area contributed by atoms with E-state index in [1.807, 2.05) is 24.3 Å². The molecule has 2 aromatic rings. The van der Waals surface area contributed by atoms with Gasteiger partial charge >= 0.3 is 0 Å². The van der Waals surface area contributed by atoms with Crippen molar-refractivity contribution in [2.75, 3.05) is 0 Å². The summed E-state index contributed by atoms with van der Waals surface area (Å²) < 4.78 is 14.0. The van der Waals surface area contributed by atoms with Crippen molar-refractivity contribution in [1.82, 2.24) is 0 Å². The highest BCUT2D eigenvalue weighted by Crippen LogP contribution is 2.14. The highest BCUT2D eigenvalue weighted by atomic mass is 79.9. The molecule has 17 heavy (non-hydrogen) atoms. The van der Waals surface area contributed by atoms with Crippen LogP contribution in [0, 0.1) is 24.6 Å². The van der Waals surface area contributed by atoms with E-state index in [9.17, 15) is 4.39 Å². The quantitative estimate of drug-likeness (QED) is 0.634. The van der Waals surface area contributed by atoms with Gasteiger partial charge in [-0.3, -0.25) is 0 Å². The van der Waals surface area contributed by atoms with Crippen LogP contribution < -0.4 is 0 Å². The van der Waals surface area contributed by atoms with E-state index in [-0.39, 0.29) is 5.82 Å². The Labute approximate surface area is 109 Å². The van der Waals surface area contributed by atoms with Crippen molar-refractivity contribution in [3.63, 3.8) is 0 Å². The lowest BCUT2D eigenvalue weighted by Crippen LogP contribution is -1.83. The summed E-state index contributed by atoms with van der Waals surface area (Å²) >= 11 is 3.43. The van der Waals surface area contributed by atoms with Gasteiger partial charge in [-0.1, -0.05) is 24.0 Å². The van der Waals surface area contributed by atoms with E-state index in [2.05, 4.69) is 27.8 Å². The van der Waals surface area contributed by atoms with Crippen molar-refractivity contribution in [3.05, 3.63) is 69.4 Å². The molecule has 0 unspecified atom stereocenters. The Morgan fingerprint density at radius 1 is 1.06 bits per heavy atom. The molecule has 0 nitrogen and oxygen atoms in total. The second-order valence-corrected chi connectivity index (χ2v) is 4.55. The number of hydrogen-bond donors (Lipinski definition) is 0. The van der Waals surface area contributed by atoms with Crippen molar-refractivity contribution < 1.29 is 4.39 Å². The zero-order chi connectivity index (χ0) is 12.3. The summed E-state index contributed by atoms with van der Waals surface area (Å²) in [4.78, 5) is 0. The zero-order valence-corrected chi connectivity index (χ0v) is 10.9. The molecule has 2 heteroatoms. The average Bonchev–Trinajstić information content (AvgIpc) is 2.32. The normalized spacial score (nSPS) is 9.59. The molecule has 2 aromatic carbocycles. The lowest BCUT2D eigenvalue weighted by molar-refractivity contribution is 0.618. The van der Waals surface area contributed by atoms with E-state index in [1.165, 1.54) is 6.07 Å². The lowest BCUT2D eigenvalue weighted by atomic mass is 10.1. The molecule has 0 amide bonds. The fourth-order valence-corrected chi connectivity index (χ4v) is 1.81. The fourth-order valence-electron chi connectivity index (χ4n) is 1.42. The predicted molar refractivity (Wildman–Crippen MR) is 71.3 cm³/mol. The summed E-state index contributed by atoms with van der Waals surface area (Å²) in [5.74, 6) is 5.88. The summed E-state index contributed by atoms with van der Waals surface area (Å²) in [7, 11) is 0. The van der Waals surface area contributed by atoms with Crippen LogP contribution in [0.1, 0.15) is 16.7 Å².